The minimum Gasteiger partial charge on any atom is -0.478 e. The number of hydrogen-bond acceptors (Lipinski definition) is 4. The van der Waals surface area contributed by atoms with Gasteiger partial charge in [-0.05, 0) is 55.5 Å². The SMILES string of the molecule is Cc1[nH]n(-c2ccccc2)c(=O)c1C=NNC(=S)Nc1ccc(C(=O)O)cc1. The smallest absolute Gasteiger partial charge is 0.335 e. The number of aromatic carboxylic acids is 1. The molecule has 0 aliphatic carbocycles. The van der Waals surface area contributed by atoms with Crippen LogP contribution in [0.2, 0.25) is 0 Å². The molecular formula is C19H17N5O3S. The summed E-state index contributed by atoms with van der Waals surface area (Å²) >= 11 is 5.14. The summed E-state index contributed by atoms with van der Waals surface area (Å²) in [5, 5.41) is 19.0. The Bertz CT molecular complexity index is 1090. The molecule has 1 aromatic heterocycles. The Hall–Kier alpha value is -3.72. The molecule has 9 heteroatoms. The molecule has 0 bridgehead atoms. The molecule has 0 saturated heterocycles. The average molecular weight is 395 g/mol. The summed E-state index contributed by atoms with van der Waals surface area (Å²) in [6, 6.07) is 15.3. The predicted octanol–water partition coefficient (Wildman–Crippen LogP) is 2.49. The molecule has 3 aromatic rings. The lowest BCUT2D eigenvalue weighted by atomic mass is 10.2. The van der Waals surface area contributed by atoms with Gasteiger partial charge in [-0.1, -0.05) is 18.2 Å². The van der Waals surface area contributed by atoms with Crippen LogP contribution < -0.4 is 16.3 Å². The van der Waals surface area contributed by atoms with Gasteiger partial charge in [0.25, 0.3) is 5.56 Å². The van der Waals surface area contributed by atoms with Crippen LogP contribution in [0.5, 0.6) is 0 Å². The number of aromatic amines is 1. The number of H-pyrrole nitrogens is 1. The van der Waals surface area contributed by atoms with Crippen LogP contribution in [0.15, 0.2) is 64.5 Å². The molecule has 0 aliphatic heterocycles. The van der Waals surface area contributed by atoms with E-state index in [1.165, 1.54) is 23.0 Å². The summed E-state index contributed by atoms with van der Waals surface area (Å²) in [4.78, 5) is 23.4. The highest BCUT2D eigenvalue weighted by Crippen LogP contribution is 2.09. The number of nitrogens with one attached hydrogen (secondary N) is 3. The molecule has 4 N–H and O–H groups in total. The monoisotopic (exact) mass is 395 g/mol. The molecular weight excluding hydrogens is 378 g/mol. The van der Waals surface area contributed by atoms with Crippen molar-refractivity contribution in [2.24, 2.45) is 5.10 Å². The molecule has 3 rings (SSSR count). The maximum atomic E-state index is 12.6. The third-order valence-electron chi connectivity index (χ3n) is 3.88. The van der Waals surface area contributed by atoms with Gasteiger partial charge in [-0.15, -0.1) is 0 Å². The second kappa shape index (κ2) is 8.31. The quantitative estimate of drug-likeness (QED) is 0.300. The second-order valence-electron chi connectivity index (χ2n) is 5.83. The van der Waals surface area contributed by atoms with E-state index in [4.69, 9.17) is 17.3 Å². The Balaban J connectivity index is 1.66. The molecule has 0 fully saturated rings. The minimum atomic E-state index is -1.00. The van der Waals surface area contributed by atoms with Gasteiger partial charge in [0, 0.05) is 11.4 Å². The van der Waals surface area contributed by atoms with Gasteiger partial charge in [-0.2, -0.15) is 5.10 Å². The van der Waals surface area contributed by atoms with Crippen molar-refractivity contribution in [1.82, 2.24) is 15.2 Å². The lowest BCUT2D eigenvalue weighted by Gasteiger charge is -2.06. The standard InChI is InChI=1S/C19H17N5O3S/c1-12-16(17(25)24(23-12)15-5-3-2-4-6-15)11-20-22-19(28)21-14-9-7-13(8-10-14)18(26)27/h2-11,23H,1H3,(H,26,27)(H2,21,22,28). The van der Waals surface area contributed by atoms with Gasteiger partial charge in [0.15, 0.2) is 5.11 Å². The van der Waals surface area contributed by atoms with E-state index in [1.807, 2.05) is 30.3 Å². The van der Waals surface area contributed by atoms with Crippen LogP contribution in [0.25, 0.3) is 5.69 Å². The minimum absolute atomic E-state index is 0.181. The summed E-state index contributed by atoms with van der Waals surface area (Å²) in [5.41, 5.74) is 5.00. The Labute approximate surface area is 165 Å². The molecule has 142 valence electrons. The highest BCUT2D eigenvalue weighted by molar-refractivity contribution is 7.80. The van der Waals surface area contributed by atoms with E-state index in [-0.39, 0.29) is 16.2 Å². The van der Waals surface area contributed by atoms with Crippen LogP contribution in [-0.4, -0.2) is 32.2 Å². The highest BCUT2D eigenvalue weighted by Gasteiger charge is 2.10. The first-order chi connectivity index (χ1) is 13.5. The Kier molecular flexibility index (Phi) is 5.66. The maximum Gasteiger partial charge on any atom is 0.335 e. The molecule has 0 aliphatic rings. The van der Waals surface area contributed by atoms with E-state index in [0.717, 1.165) is 5.69 Å². The fourth-order valence-corrected chi connectivity index (χ4v) is 2.65. The number of anilines is 1. The molecule has 28 heavy (non-hydrogen) atoms. The molecule has 0 radical (unpaired) electrons. The topological polar surface area (TPSA) is 112 Å². The van der Waals surface area contributed by atoms with Crippen molar-refractivity contribution in [2.75, 3.05) is 5.32 Å². The van der Waals surface area contributed by atoms with Crippen LogP contribution in [0, 0.1) is 6.92 Å². The molecule has 0 unspecified atom stereocenters. The van der Waals surface area contributed by atoms with Gasteiger partial charge >= 0.3 is 5.97 Å². The summed E-state index contributed by atoms with van der Waals surface area (Å²) in [5.74, 6) is -1.00. The van der Waals surface area contributed by atoms with Crippen molar-refractivity contribution in [1.29, 1.82) is 0 Å². The number of para-hydroxylation sites is 1. The molecule has 8 nitrogen and oxygen atoms in total. The van der Waals surface area contributed by atoms with Crippen molar-refractivity contribution < 1.29 is 9.90 Å². The first-order valence-corrected chi connectivity index (χ1v) is 8.67. The first kappa shape index (κ1) is 19.1. The number of benzene rings is 2. The van der Waals surface area contributed by atoms with E-state index >= 15 is 0 Å². The lowest BCUT2D eigenvalue weighted by molar-refractivity contribution is 0.0697. The van der Waals surface area contributed by atoms with Gasteiger partial charge < -0.3 is 10.4 Å². The van der Waals surface area contributed by atoms with Gasteiger partial charge in [0.2, 0.25) is 0 Å². The molecule has 0 saturated carbocycles. The number of thiocarbonyl (C=S) groups is 1. The summed E-state index contributed by atoms with van der Waals surface area (Å²) in [6.07, 6.45) is 1.40. The fraction of sp³-hybridized carbons (Fsp3) is 0.0526. The second-order valence-corrected chi connectivity index (χ2v) is 6.24. The fourth-order valence-electron chi connectivity index (χ4n) is 2.48. The summed E-state index contributed by atoms with van der Waals surface area (Å²) in [7, 11) is 0. The zero-order chi connectivity index (χ0) is 20.1. The number of carboxylic acids is 1. The van der Waals surface area contributed by atoms with Gasteiger partial charge in [-0.25, -0.2) is 9.48 Å². The first-order valence-electron chi connectivity index (χ1n) is 8.26. The predicted molar refractivity (Wildman–Crippen MR) is 111 cm³/mol. The van der Waals surface area contributed by atoms with Crippen LogP contribution in [0.3, 0.4) is 0 Å². The number of rotatable bonds is 5. The number of carbonyl (C=O) groups is 1. The van der Waals surface area contributed by atoms with Crippen LogP contribution in [-0.2, 0) is 0 Å². The largest absolute Gasteiger partial charge is 0.478 e. The van der Waals surface area contributed by atoms with E-state index in [2.05, 4.69) is 20.9 Å². The Morgan fingerprint density at radius 1 is 1.18 bits per heavy atom. The number of aryl methyl sites for hydroxylation is 1. The normalized spacial score (nSPS) is 10.8. The Morgan fingerprint density at radius 3 is 2.50 bits per heavy atom. The van der Waals surface area contributed by atoms with E-state index in [9.17, 15) is 9.59 Å². The third kappa shape index (κ3) is 4.33. The number of aromatic nitrogens is 2. The van der Waals surface area contributed by atoms with Crippen LogP contribution in [0.4, 0.5) is 5.69 Å². The van der Waals surface area contributed by atoms with Crippen molar-refractivity contribution >= 4 is 35.2 Å². The molecule has 0 atom stereocenters. The Morgan fingerprint density at radius 2 is 1.86 bits per heavy atom. The van der Waals surface area contributed by atoms with Crippen LogP contribution in [0.1, 0.15) is 21.6 Å². The molecule has 2 aromatic carbocycles. The number of nitrogens with zero attached hydrogens (tertiary/aromatic N) is 2. The zero-order valence-corrected chi connectivity index (χ0v) is 15.7. The molecule has 1 heterocycles. The van der Waals surface area contributed by atoms with Gasteiger partial charge in [0.05, 0.1) is 23.0 Å². The molecule has 0 spiro atoms. The van der Waals surface area contributed by atoms with Gasteiger partial charge in [0.1, 0.15) is 0 Å². The van der Waals surface area contributed by atoms with Crippen molar-refractivity contribution in [2.45, 2.75) is 6.92 Å². The van der Waals surface area contributed by atoms with E-state index in [0.29, 0.717) is 16.9 Å². The summed E-state index contributed by atoms with van der Waals surface area (Å²) < 4.78 is 1.44. The van der Waals surface area contributed by atoms with Crippen molar-refractivity contribution in [3.05, 3.63) is 81.8 Å². The number of hydrogen-bond donors (Lipinski definition) is 4. The lowest BCUT2D eigenvalue weighted by Crippen LogP contribution is -2.24. The van der Waals surface area contributed by atoms with Gasteiger partial charge in [-0.3, -0.25) is 15.3 Å². The average Bonchev–Trinajstić information content (AvgIpc) is 2.97. The van der Waals surface area contributed by atoms with Crippen molar-refractivity contribution in [3.8, 4) is 5.69 Å². The third-order valence-corrected chi connectivity index (χ3v) is 4.07. The molecule has 0 amide bonds. The highest BCUT2D eigenvalue weighted by atomic mass is 32.1. The number of hydrazone groups is 1. The number of carboxylic acid groups (broad SMARTS) is 1. The maximum absolute atomic E-state index is 12.6. The zero-order valence-electron chi connectivity index (χ0n) is 14.8. The van der Waals surface area contributed by atoms with E-state index < -0.39 is 5.97 Å². The summed E-state index contributed by atoms with van der Waals surface area (Å²) in [6.45, 7) is 1.78. The van der Waals surface area contributed by atoms with Crippen LogP contribution >= 0.6 is 12.2 Å². The van der Waals surface area contributed by atoms with Crippen molar-refractivity contribution in [3.63, 3.8) is 0 Å². The van der Waals surface area contributed by atoms with E-state index in [1.54, 1.807) is 19.1 Å².